The molecular formula is C11H12BrN3O. The Morgan fingerprint density at radius 1 is 1.25 bits per heavy atom. The fourth-order valence-electron chi connectivity index (χ4n) is 1.52. The van der Waals surface area contributed by atoms with Crippen molar-refractivity contribution in [1.82, 2.24) is 10.1 Å². The van der Waals surface area contributed by atoms with E-state index in [1.54, 1.807) is 7.05 Å². The van der Waals surface area contributed by atoms with Crippen LogP contribution in [-0.2, 0) is 0 Å². The fourth-order valence-corrected chi connectivity index (χ4v) is 1.75. The molecule has 0 atom stereocenters. The molecule has 0 aliphatic heterocycles. The maximum Gasteiger partial charge on any atom is 0.321 e. The summed E-state index contributed by atoms with van der Waals surface area (Å²) in [7, 11) is 1.75. The van der Waals surface area contributed by atoms with Crippen molar-refractivity contribution in [3.63, 3.8) is 0 Å². The number of hydrogen-bond donors (Lipinski definition) is 1. The summed E-state index contributed by atoms with van der Waals surface area (Å²) in [5.41, 5.74) is 3.28. The van der Waals surface area contributed by atoms with Crippen LogP contribution in [0.3, 0.4) is 0 Å². The molecule has 0 bridgehead atoms. The molecule has 0 amide bonds. The molecule has 84 valence electrons. The van der Waals surface area contributed by atoms with Crippen molar-refractivity contribution in [2.45, 2.75) is 13.8 Å². The number of aromatic nitrogens is 2. The van der Waals surface area contributed by atoms with E-state index in [1.807, 2.05) is 26.0 Å². The number of anilines is 1. The number of benzene rings is 1. The van der Waals surface area contributed by atoms with Crippen LogP contribution in [0.4, 0.5) is 6.01 Å². The summed E-state index contributed by atoms with van der Waals surface area (Å²) in [5, 5.41) is 6.71. The maximum atomic E-state index is 4.99. The molecule has 0 aliphatic carbocycles. The second-order valence-electron chi connectivity index (χ2n) is 3.60. The monoisotopic (exact) mass is 281 g/mol. The molecule has 4 nitrogen and oxygen atoms in total. The molecule has 1 aromatic heterocycles. The number of nitrogens with one attached hydrogen (secondary N) is 1. The topological polar surface area (TPSA) is 51.0 Å². The van der Waals surface area contributed by atoms with Crippen molar-refractivity contribution in [1.29, 1.82) is 0 Å². The van der Waals surface area contributed by atoms with Gasteiger partial charge in [0.25, 0.3) is 0 Å². The number of hydrogen-bond acceptors (Lipinski definition) is 4. The smallest absolute Gasteiger partial charge is 0.321 e. The van der Waals surface area contributed by atoms with Gasteiger partial charge in [-0.05, 0) is 37.1 Å². The van der Waals surface area contributed by atoms with Crippen molar-refractivity contribution in [2.75, 3.05) is 12.4 Å². The van der Waals surface area contributed by atoms with Crippen molar-refractivity contribution in [3.05, 3.63) is 27.7 Å². The van der Waals surface area contributed by atoms with Gasteiger partial charge in [-0.3, -0.25) is 0 Å². The zero-order valence-corrected chi connectivity index (χ0v) is 10.9. The zero-order chi connectivity index (χ0) is 11.7. The van der Waals surface area contributed by atoms with E-state index in [4.69, 9.17) is 4.52 Å². The first kappa shape index (κ1) is 11.1. The molecule has 0 unspecified atom stereocenters. The van der Waals surface area contributed by atoms with Crippen LogP contribution in [0, 0.1) is 13.8 Å². The van der Waals surface area contributed by atoms with Gasteiger partial charge in [0.05, 0.1) is 0 Å². The van der Waals surface area contributed by atoms with Crippen molar-refractivity contribution >= 4 is 21.9 Å². The Hall–Kier alpha value is -1.36. The third kappa shape index (κ3) is 1.95. The summed E-state index contributed by atoms with van der Waals surface area (Å²) >= 11 is 3.53. The predicted molar refractivity (Wildman–Crippen MR) is 66.5 cm³/mol. The van der Waals surface area contributed by atoms with Gasteiger partial charge in [-0.25, -0.2) is 0 Å². The Labute approximate surface area is 102 Å². The third-order valence-electron chi connectivity index (χ3n) is 2.33. The molecule has 16 heavy (non-hydrogen) atoms. The Morgan fingerprint density at radius 3 is 2.38 bits per heavy atom. The highest BCUT2D eigenvalue weighted by Crippen LogP contribution is 2.27. The minimum absolute atomic E-state index is 0.424. The molecule has 5 heteroatoms. The van der Waals surface area contributed by atoms with E-state index in [-0.39, 0.29) is 0 Å². The summed E-state index contributed by atoms with van der Waals surface area (Å²) in [6.45, 7) is 4.08. The van der Waals surface area contributed by atoms with Gasteiger partial charge in [0.1, 0.15) is 0 Å². The summed E-state index contributed by atoms with van der Waals surface area (Å²) in [6, 6.07) is 4.48. The molecular weight excluding hydrogens is 270 g/mol. The lowest BCUT2D eigenvalue weighted by atomic mass is 10.1. The van der Waals surface area contributed by atoms with E-state index in [1.165, 1.54) is 0 Å². The lowest BCUT2D eigenvalue weighted by molar-refractivity contribution is 0.434. The highest BCUT2D eigenvalue weighted by Gasteiger charge is 2.10. The van der Waals surface area contributed by atoms with Crippen LogP contribution in [0.5, 0.6) is 0 Å². The standard InChI is InChI=1S/C11H12BrN3O/c1-6-4-8(5-7(2)9(6)12)10-14-11(13-3)16-15-10/h4-5H,1-3H3,(H,13,14,15). The van der Waals surface area contributed by atoms with Crippen LogP contribution >= 0.6 is 15.9 Å². The maximum absolute atomic E-state index is 4.99. The molecule has 0 fully saturated rings. The van der Waals surface area contributed by atoms with Gasteiger partial charge in [-0.1, -0.05) is 21.1 Å². The molecule has 1 aromatic carbocycles. The van der Waals surface area contributed by atoms with Crippen LogP contribution < -0.4 is 5.32 Å². The first-order valence-corrected chi connectivity index (χ1v) is 5.69. The first-order chi connectivity index (χ1) is 7.61. The van der Waals surface area contributed by atoms with E-state index in [0.29, 0.717) is 11.8 Å². The van der Waals surface area contributed by atoms with E-state index in [0.717, 1.165) is 21.2 Å². The van der Waals surface area contributed by atoms with Crippen LogP contribution in [0.25, 0.3) is 11.4 Å². The Bertz CT molecular complexity index is 499. The average molecular weight is 282 g/mol. The third-order valence-corrected chi connectivity index (χ3v) is 3.59. The highest BCUT2D eigenvalue weighted by atomic mass is 79.9. The molecule has 1 N–H and O–H groups in total. The molecule has 2 rings (SSSR count). The van der Waals surface area contributed by atoms with Crippen molar-refractivity contribution in [2.24, 2.45) is 0 Å². The van der Waals surface area contributed by atoms with Gasteiger partial charge < -0.3 is 9.84 Å². The molecule has 0 saturated heterocycles. The largest absolute Gasteiger partial charge is 0.341 e. The SMILES string of the molecule is CNc1nc(-c2cc(C)c(Br)c(C)c2)no1. The summed E-state index contributed by atoms with van der Waals surface area (Å²) < 4.78 is 6.11. The number of halogens is 1. The molecule has 0 radical (unpaired) electrons. The second kappa shape index (κ2) is 4.25. The van der Waals surface area contributed by atoms with Crippen molar-refractivity contribution < 1.29 is 4.52 Å². The van der Waals surface area contributed by atoms with Gasteiger partial charge in [-0.15, -0.1) is 0 Å². The lowest BCUT2D eigenvalue weighted by Crippen LogP contribution is -1.89. The fraction of sp³-hybridized carbons (Fsp3) is 0.273. The Balaban J connectivity index is 2.48. The van der Waals surface area contributed by atoms with Gasteiger partial charge in [0, 0.05) is 17.1 Å². The van der Waals surface area contributed by atoms with Crippen molar-refractivity contribution in [3.8, 4) is 11.4 Å². The number of aryl methyl sites for hydroxylation is 2. The zero-order valence-electron chi connectivity index (χ0n) is 9.34. The number of rotatable bonds is 2. The minimum atomic E-state index is 0.424. The van der Waals surface area contributed by atoms with Gasteiger partial charge >= 0.3 is 6.01 Å². The average Bonchev–Trinajstić information content (AvgIpc) is 2.73. The summed E-state index contributed by atoms with van der Waals surface area (Å²) in [4.78, 5) is 4.21. The lowest BCUT2D eigenvalue weighted by Gasteiger charge is -2.04. The number of nitrogens with zero attached hydrogens (tertiary/aromatic N) is 2. The summed E-state index contributed by atoms with van der Waals surface area (Å²) in [5.74, 6) is 0.600. The van der Waals surface area contributed by atoms with Gasteiger partial charge in [-0.2, -0.15) is 4.98 Å². The van der Waals surface area contributed by atoms with E-state index >= 15 is 0 Å². The van der Waals surface area contributed by atoms with E-state index in [9.17, 15) is 0 Å². The van der Waals surface area contributed by atoms with Crippen LogP contribution in [0.1, 0.15) is 11.1 Å². The summed E-state index contributed by atoms with van der Waals surface area (Å²) in [6.07, 6.45) is 0. The minimum Gasteiger partial charge on any atom is -0.341 e. The Morgan fingerprint density at radius 2 is 1.88 bits per heavy atom. The molecule has 0 aliphatic rings. The quantitative estimate of drug-likeness (QED) is 0.919. The van der Waals surface area contributed by atoms with Crippen LogP contribution in [0.15, 0.2) is 21.1 Å². The predicted octanol–water partition coefficient (Wildman–Crippen LogP) is 3.16. The van der Waals surface area contributed by atoms with Gasteiger partial charge in [0.2, 0.25) is 5.82 Å². The van der Waals surface area contributed by atoms with Gasteiger partial charge in [0.15, 0.2) is 0 Å². The highest BCUT2D eigenvalue weighted by molar-refractivity contribution is 9.10. The van der Waals surface area contributed by atoms with E-state index < -0.39 is 0 Å². The second-order valence-corrected chi connectivity index (χ2v) is 4.39. The molecule has 2 aromatic rings. The molecule has 0 saturated carbocycles. The molecule has 1 heterocycles. The first-order valence-electron chi connectivity index (χ1n) is 4.90. The Kier molecular flexibility index (Phi) is 2.96. The normalized spacial score (nSPS) is 10.5. The van der Waals surface area contributed by atoms with Crippen LogP contribution in [0.2, 0.25) is 0 Å². The van der Waals surface area contributed by atoms with E-state index in [2.05, 4.69) is 31.4 Å². The van der Waals surface area contributed by atoms with Crippen LogP contribution in [-0.4, -0.2) is 17.2 Å². The molecule has 0 spiro atoms.